The highest BCUT2D eigenvalue weighted by Crippen LogP contribution is 2.12. The van der Waals surface area contributed by atoms with Crippen molar-refractivity contribution in [3.63, 3.8) is 0 Å². The fraction of sp³-hybridized carbons (Fsp3) is 0.308. The van der Waals surface area contributed by atoms with Crippen molar-refractivity contribution in [2.45, 2.75) is 20.4 Å². The molecule has 0 aliphatic rings. The van der Waals surface area contributed by atoms with E-state index in [2.05, 4.69) is 10.3 Å². The van der Waals surface area contributed by atoms with E-state index in [9.17, 15) is 13.6 Å². The van der Waals surface area contributed by atoms with Crippen molar-refractivity contribution >= 4 is 5.97 Å². The standard InChI is InChI=1S/C13H13F2N3O2/c1-3-20-13(19)12-8(2)18(17-16-12)7-9-4-5-10(14)11(15)6-9/h4-6H,3,7H2,1-2H3. The largest absolute Gasteiger partial charge is 0.461 e. The Labute approximate surface area is 114 Å². The maximum absolute atomic E-state index is 13.1. The van der Waals surface area contributed by atoms with Crippen LogP contribution in [0.5, 0.6) is 0 Å². The number of ether oxygens (including phenoxy) is 1. The van der Waals surface area contributed by atoms with Crippen LogP contribution in [0.25, 0.3) is 0 Å². The van der Waals surface area contributed by atoms with Crippen LogP contribution >= 0.6 is 0 Å². The second-order valence-electron chi connectivity index (χ2n) is 4.15. The van der Waals surface area contributed by atoms with Crippen LogP contribution in [0.3, 0.4) is 0 Å². The molecule has 2 aromatic rings. The monoisotopic (exact) mass is 281 g/mol. The van der Waals surface area contributed by atoms with Crippen molar-refractivity contribution < 1.29 is 18.3 Å². The zero-order valence-corrected chi connectivity index (χ0v) is 11.1. The second kappa shape index (κ2) is 5.77. The highest BCUT2D eigenvalue weighted by atomic mass is 19.2. The first-order valence-corrected chi connectivity index (χ1v) is 6.04. The molecule has 1 heterocycles. The minimum Gasteiger partial charge on any atom is -0.461 e. The number of hydrogen-bond donors (Lipinski definition) is 0. The Balaban J connectivity index is 2.22. The van der Waals surface area contributed by atoms with Crippen LogP contribution in [0.15, 0.2) is 18.2 Å². The van der Waals surface area contributed by atoms with Crippen LogP contribution in [0.4, 0.5) is 8.78 Å². The Morgan fingerprint density at radius 1 is 1.35 bits per heavy atom. The van der Waals surface area contributed by atoms with Crippen LogP contribution in [0.1, 0.15) is 28.7 Å². The predicted octanol–water partition coefficient (Wildman–Crippen LogP) is 2.09. The molecule has 7 heteroatoms. The van der Waals surface area contributed by atoms with Gasteiger partial charge in [0, 0.05) is 0 Å². The van der Waals surface area contributed by atoms with Gasteiger partial charge in [0.15, 0.2) is 17.3 Å². The van der Waals surface area contributed by atoms with E-state index in [1.54, 1.807) is 13.8 Å². The van der Waals surface area contributed by atoms with Gasteiger partial charge < -0.3 is 4.74 Å². The molecular weight excluding hydrogens is 268 g/mol. The molecule has 0 saturated heterocycles. The van der Waals surface area contributed by atoms with Gasteiger partial charge in [-0.05, 0) is 31.5 Å². The molecule has 0 fully saturated rings. The van der Waals surface area contributed by atoms with E-state index >= 15 is 0 Å². The van der Waals surface area contributed by atoms with Crippen LogP contribution in [-0.4, -0.2) is 27.6 Å². The van der Waals surface area contributed by atoms with Gasteiger partial charge >= 0.3 is 5.97 Å². The lowest BCUT2D eigenvalue weighted by Gasteiger charge is -2.04. The van der Waals surface area contributed by atoms with Crippen molar-refractivity contribution in [1.29, 1.82) is 0 Å². The summed E-state index contributed by atoms with van der Waals surface area (Å²) in [6.07, 6.45) is 0. The summed E-state index contributed by atoms with van der Waals surface area (Å²) < 4.78 is 32.2. The number of rotatable bonds is 4. The summed E-state index contributed by atoms with van der Waals surface area (Å²) >= 11 is 0. The molecule has 0 N–H and O–H groups in total. The topological polar surface area (TPSA) is 57.0 Å². The van der Waals surface area contributed by atoms with Gasteiger partial charge in [-0.3, -0.25) is 0 Å². The van der Waals surface area contributed by atoms with Crippen molar-refractivity contribution in [1.82, 2.24) is 15.0 Å². The van der Waals surface area contributed by atoms with E-state index < -0.39 is 17.6 Å². The fourth-order valence-corrected chi connectivity index (χ4v) is 1.71. The van der Waals surface area contributed by atoms with Gasteiger partial charge in [-0.25, -0.2) is 18.3 Å². The van der Waals surface area contributed by atoms with Gasteiger partial charge in [-0.15, -0.1) is 5.10 Å². The van der Waals surface area contributed by atoms with E-state index in [0.29, 0.717) is 11.3 Å². The van der Waals surface area contributed by atoms with Gasteiger partial charge in [0.2, 0.25) is 0 Å². The Hall–Kier alpha value is -2.31. The number of carbonyl (C=O) groups excluding carboxylic acids is 1. The third-order valence-electron chi connectivity index (χ3n) is 2.77. The first-order chi connectivity index (χ1) is 9.52. The summed E-state index contributed by atoms with van der Waals surface area (Å²) in [5.41, 5.74) is 1.15. The Morgan fingerprint density at radius 2 is 2.10 bits per heavy atom. The molecule has 1 aromatic heterocycles. The van der Waals surface area contributed by atoms with Crippen LogP contribution in [0.2, 0.25) is 0 Å². The quantitative estimate of drug-likeness (QED) is 0.805. The van der Waals surface area contributed by atoms with E-state index in [4.69, 9.17) is 4.74 Å². The highest BCUT2D eigenvalue weighted by molar-refractivity contribution is 5.88. The molecule has 0 aliphatic carbocycles. The molecule has 5 nitrogen and oxygen atoms in total. The normalized spacial score (nSPS) is 10.6. The SMILES string of the molecule is CCOC(=O)c1nnn(Cc2ccc(F)c(F)c2)c1C. The molecule has 1 aromatic carbocycles. The zero-order valence-electron chi connectivity index (χ0n) is 11.1. The van der Waals surface area contributed by atoms with E-state index in [-0.39, 0.29) is 18.8 Å². The number of halogens is 2. The molecule has 0 saturated carbocycles. The van der Waals surface area contributed by atoms with Crippen LogP contribution in [-0.2, 0) is 11.3 Å². The predicted molar refractivity (Wildman–Crippen MR) is 66.2 cm³/mol. The summed E-state index contributed by atoms with van der Waals surface area (Å²) in [6.45, 7) is 3.79. The molecule has 0 atom stereocenters. The van der Waals surface area contributed by atoms with Crippen molar-refractivity contribution in [3.05, 3.63) is 46.8 Å². The summed E-state index contributed by atoms with van der Waals surface area (Å²) in [5, 5.41) is 7.56. The van der Waals surface area contributed by atoms with Crippen LogP contribution in [0, 0.1) is 18.6 Å². The number of benzene rings is 1. The molecule has 20 heavy (non-hydrogen) atoms. The van der Waals surface area contributed by atoms with Gasteiger partial charge in [-0.1, -0.05) is 11.3 Å². The Morgan fingerprint density at radius 3 is 2.75 bits per heavy atom. The number of hydrogen-bond acceptors (Lipinski definition) is 4. The van der Waals surface area contributed by atoms with Crippen LogP contribution < -0.4 is 0 Å². The van der Waals surface area contributed by atoms with Gasteiger partial charge in [0.05, 0.1) is 18.8 Å². The van der Waals surface area contributed by atoms with E-state index in [1.165, 1.54) is 10.7 Å². The summed E-state index contributed by atoms with van der Waals surface area (Å²) in [6, 6.07) is 3.58. The van der Waals surface area contributed by atoms with Gasteiger partial charge in [-0.2, -0.15) is 0 Å². The molecule has 106 valence electrons. The number of carbonyl (C=O) groups is 1. The molecule has 0 radical (unpaired) electrons. The lowest BCUT2D eigenvalue weighted by Crippen LogP contribution is -2.09. The molecule has 0 aliphatic heterocycles. The molecular formula is C13H13F2N3O2. The molecule has 0 spiro atoms. The van der Waals surface area contributed by atoms with E-state index in [0.717, 1.165) is 12.1 Å². The van der Waals surface area contributed by atoms with E-state index in [1.807, 2.05) is 0 Å². The Bertz CT molecular complexity index is 641. The molecule has 2 rings (SSSR count). The summed E-state index contributed by atoms with van der Waals surface area (Å²) in [5.74, 6) is -2.39. The Kier molecular flexibility index (Phi) is 4.07. The highest BCUT2D eigenvalue weighted by Gasteiger charge is 2.17. The summed E-state index contributed by atoms with van der Waals surface area (Å²) in [4.78, 5) is 11.6. The van der Waals surface area contributed by atoms with Gasteiger partial charge in [0.25, 0.3) is 0 Å². The average Bonchev–Trinajstić information content (AvgIpc) is 2.76. The minimum atomic E-state index is -0.925. The maximum atomic E-state index is 13.1. The third kappa shape index (κ3) is 2.81. The first-order valence-electron chi connectivity index (χ1n) is 6.04. The molecule has 0 unspecified atom stereocenters. The zero-order chi connectivity index (χ0) is 14.7. The second-order valence-corrected chi connectivity index (χ2v) is 4.15. The number of nitrogens with zero attached hydrogens (tertiary/aromatic N) is 3. The van der Waals surface area contributed by atoms with Crippen molar-refractivity contribution in [2.24, 2.45) is 0 Å². The van der Waals surface area contributed by atoms with Gasteiger partial charge in [0.1, 0.15) is 0 Å². The third-order valence-corrected chi connectivity index (χ3v) is 2.77. The van der Waals surface area contributed by atoms with Crippen molar-refractivity contribution in [2.75, 3.05) is 6.61 Å². The fourth-order valence-electron chi connectivity index (χ4n) is 1.71. The van der Waals surface area contributed by atoms with Crippen molar-refractivity contribution in [3.8, 4) is 0 Å². The summed E-state index contributed by atoms with van der Waals surface area (Å²) in [7, 11) is 0. The molecule has 0 bridgehead atoms. The number of esters is 1. The average molecular weight is 281 g/mol. The lowest BCUT2D eigenvalue weighted by molar-refractivity contribution is 0.0518. The maximum Gasteiger partial charge on any atom is 0.360 e. The molecule has 0 amide bonds. The first kappa shape index (κ1) is 14.1. The minimum absolute atomic E-state index is 0.120. The lowest BCUT2D eigenvalue weighted by atomic mass is 10.2. The number of aromatic nitrogens is 3. The smallest absolute Gasteiger partial charge is 0.360 e.